The number of H-pyrrole nitrogens is 1. The summed E-state index contributed by atoms with van der Waals surface area (Å²) in [6.07, 6.45) is -4.45. The number of ether oxygens (including phenoxy) is 1. The molecule has 0 fully saturated rings. The maximum absolute atomic E-state index is 13.2. The molecule has 1 heterocycles. The van der Waals surface area contributed by atoms with Crippen LogP contribution in [0.4, 0.5) is 13.2 Å². The first kappa shape index (κ1) is 17.7. The highest BCUT2D eigenvalue weighted by Crippen LogP contribution is 2.37. The predicted molar refractivity (Wildman–Crippen MR) is 88.2 cm³/mol. The van der Waals surface area contributed by atoms with Gasteiger partial charge in [0, 0.05) is 5.56 Å². The minimum absolute atomic E-state index is 0.0234. The lowest BCUT2D eigenvalue weighted by Crippen LogP contribution is -2.07. The number of nitrogens with one attached hydrogen (secondary N) is 1. The van der Waals surface area contributed by atoms with E-state index >= 15 is 0 Å². The summed E-state index contributed by atoms with van der Waals surface area (Å²) in [5.74, 6) is -0.622. The van der Waals surface area contributed by atoms with Gasteiger partial charge in [-0.05, 0) is 24.1 Å². The van der Waals surface area contributed by atoms with Gasteiger partial charge in [0.1, 0.15) is 5.69 Å². The molecule has 3 aromatic rings. The molecule has 134 valence electrons. The van der Waals surface area contributed by atoms with Gasteiger partial charge in [0.05, 0.1) is 12.2 Å². The number of carbonyl (C=O) groups excluding carboxylic acids is 1. The maximum Gasteiger partial charge on any atom is 0.417 e. The number of halogens is 3. The Bertz CT molecular complexity index is 918. The van der Waals surface area contributed by atoms with Crippen LogP contribution in [0.1, 0.15) is 23.0 Å². The van der Waals surface area contributed by atoms with E-state index in [0.717, 1.165) is 6.07 Å². The topological polar surface area (TPSA) is 67.9 Å². The summed E-state index contributed by atoms with van der Waals surface area (Å²) >= 11 is 0. The van der Waals surface area contributed by atoms with Crippen molar-refractivity contribution in [1.82, 2.24) is 15.4 Å². The average molecular weight is 361 g/mol. The Morgan fingerprint density at radius 3 is 2.35 bits per heavy atom. The molecule has 0 amide bonds. The number of hydrogen-bond acceptors (Lipinski definition) is 4. The quantitative estimate of drug-likeness (QED) is 0.702. The number of aromatic amines is 1. The molecule has 0 aliphatic heterocycles. The summed E-state index contributed by atoms with van der Waals surface area (Å²) in [4.78, 5) is 11.9. The van der Waals surface area contributed by atoms with E-state index < -0.39 is 17.7 Å². The Hall–Kier alpha value is -3.16. The van der Waals surface area contributed by atoms with Crippen molar-refractivity contribution in [3.63, 3.8) is 0 Å². The van der Waals surface area contributed by atoms with Gasteiger partial charge in [-0.25, -0.2) is 4.79 Å². The minimum atomic E-state index is -4.45. The number of benzene rings is 2. The van der Waals surface area contributed by atoms with Gasteiger partial charge in [-0.1, -0.05) is 42.5 Å². The predicted octanol–water partition coefficient (Wildman–Crippen LogP) is 4.33. The molecule has 0 aliphatic rings. The Balaban J connectivity index is 1.97. The fraction of sp³-hybridized carbons (Fsp3) is 0.167. The number of alkyl halides is 3. The van der Waals surface area contributed by atoms with Gasteiger partial charge in [0.15, 0.2) is 5.69 Å². The third-order valence-corrected chi connectivity index (χ3v) is 3.72. The van der Waals surface area contributed by atoms with Crippen LogP contribution in [0.15, 0.2) is 48.5 Å². The van der Waals surface area contributed by atoms with Crippen LogP contribution < -0.4 is 0 Å². The number of nitrogens with zero attached hydrogens (tertiary/aromatic N) is 2. The van der Waals surface area contributed by atoms with Gasteiger partial charge < -0.3 is 4.74 Å². The standard InChI is InChI=1S/C18H14F3N3O2/c1-2-26-17(25)16-15(22-24-23-16)12-9-7-11(8-10-12)13-5-3-4-6-14(13)18(19,20)21/h3-10H,2H2,1H3,(H,22,23,24). The van der Waals surface area contributed by atoms with E-state index in [0.29, 0.717) is 11.1 Å². The van der Waals surface area contributed by atoms with Crippen molar-refractivity contribution in [2.45, 2.75) is 13.1 Å². The normalized spacial score (nSPS) is 11.4. The highest BCUT2D eigenvalue weighted by Gasteiger charge is 2.33. The number of hydrogen-bond donors (Lipinski definition) is 1. The number of aromatic nitrogens is 3. The van der Waals surface area contributed by atoms with Gasteiger partial charge in [-0.3, -0.25) is 0 Å². The molecule has 0 bridgehead atoms. The van der Waals surface area contributed by atoms with E-state index in [4.69, 9.17) is 4.74 Å². The summed E-state index contributed by atoms with van der Waals surface area (Å²) in [5.41, 5.74) is 0.617. The molecular weight excluding hydrogens is 347 g/mol. The first-order valence-corrected chi connectivity index (χ1v) is 7.76. The first-order chi connectivity index (χ1) is 12.4. The van der Waals surface area contributed by atoms with Crippen LogP contribution in [-0.4, -0.2) is 28.0 Å². The zero-order valence-corrected chi connectivity index (χ0v) is 13.7. The van der Waals surface area contributed by atoms with Crippen LogP contribution in [0.25, 0.3) is 22.4 Å². The molecule has 0 radical (unpaired) electrons. The molecule has 0 aliphatic carbocycles. The number of rotatable bonds is 4. The Kier molecular flexibility index (Phi) is 4.75. The van der Waals surface area contributed by atoms with Crippen molar-refractivity contribution in [3.05, 3.63) is 59.8 Å². The fourth-order valence-corrected chi connectivity index (χ4v) is 2.56. The summed E-state index contributed by atoms with van der Waals surface area (Å²) < 4.78 is 44.4. The van der Waals surface area contributed by atoms with Gasteiger partial charge in [0.25, 0.3) is 0 Å². The number of esters is 1. The lowest BCUT2D eigenvalue weighted by atomic mass is 9.97. The fourth-order valence-electron chi connectivity index (χ4n) is 2.56. The van der Waals surface area contributed by atoms with Crippen LogP contribution in [0.3, 0.4) is 0 Å². The van der Waals surface area contributed by atoms with E-state index in [-0.39, 0.29) is 23.6 Å². The van der Waals surface area contributed by atoms with E-state index in [1.807, 2.05) is 0 Å². The van der Waals surface area contributed by atoms with Crippen molar-refractivity contribution >= 4 is 5.97 Å². The second-order valence-corrected chi connectivity index (χ2v) is 5.36. The smallest absolute Gasteiger partial charge is 0.417 e. The molecule has 1 N–H and O–H groups in total. The third kappa shape index (κ3) is 3.44. The van der Waals surface area contributed by atoms with Gasteiger partial charge in [-0.2, -0.15) is 23.5 Å². The second-order valence-electron chi connectivity index (χ2n) is 5.36. The summed E-state index contributed by atoms with van der Waals surface area (Å²) in [6.45, 7) is 1.86. The lowest BCUT2D eigenvalue weighted by Gasteiger charge is -2.13. The molecule has 0 saturated carbocycles. The first-order valence-electron chi connectivity index (χ1n) is 7.76. The summed E-state index contributed by atoms with van der Waals surface area (Å²) in [5, 5.41) is 10.1. The zero-order valence-electron chi connectivity index (χ0n) is 13.7. The van der Waals surface area contributed by atoms with Gasteiger partial charge in [-0.15, -0.1) is 5.10 Å². The maximum atomic E-state index is 13.2. The summed E-state index contributed by atoms with van der Waals surface area (Å²) in [7, 11) is 0. The molecule has 0 spiro atoms. The molecule has 2 aromatic carbocycles. The van der Waals surface area contributed by atoms with Crippen molar-refractivity contribution in [3.8, 4) is 22.4 Å². The molecule has 5 nitrogen and oxygen atoms in total. The molecule has 26 heavy (non-hydrogen) atoms. The molecule has 0 saturated heterocycles. The summed E-state index contributed by atoms with van der Waals surface area (Å²) in [6, 6.07) is 11.6. The van der Waals surface area contributed by atoms with Gasteiger partial charge in [0.2, 0.25) is 0 Å². The molecule has 1 aromatic heterocycles. The zero-order chi connectivity index (χ0) is 18.7. The molecule has 0 unspecified atom stereocenters. The van der Waals surface area contributed by atoms with Gasteiger partial charge >= 0.3 is 12.1 Å². The van der Waals surface area contributed by atoms with Crippen molar-refractivity contribution in [2.75, 3.05) is 6.61 Å². The Morgan fingerprint density at radius 2 is 1.69 bits per heavy atom. The third-order valence-electron chi connectivity index (χ3n) is 3.72. The largest absolute Gasteiger partial charge is 0.461 e. The van der Waals surface area contributed by atoms with E-state index in [9.17, 15) is 18.0 Å². The van der Waals surface area contributed by atoms with Crippen molar-refractivity contribution < 1.29 is 22.7 Å². The van der Waals surface area contributed by atoms with Crippen LogP contribution in [0, 0.1) is 0 Å². The molecule has 3 rings (SSSR count). The van der Waals surface area contributed by atoms with Crippen LogP contribution in [0.5, 0.6) is 0 Å². The monoisotopic (exact) mass is 361 g/mol. The highest BCUT2D eigenvalue weighted by atomic mass is 19.4. The van der Waals surface area contributed by atoms with Crippen LogP contribution in [0.2, 0.25) is 0 Å². The second kappa shape index (κ2) is 6.99. The van der Waals surface area contributed by atoms with E-state index in [1.165, 1.54) is 12.1 Å². The Labute approximate surface area is 146 Å². The Morgan fingerprint density at radius 1 is 1.04 bits per heavy atom. The highest BCUT2D eigenvalue weighted by molar-refractivity contribution is 5.94. The van der Waals surface area contributed by atoms with Crippen LogP contribution in [-0.2, 0) is 10.9 Å². The minimum Gasteiger partial charge on any atom is -0.461 e. The van der Waals surface area contributed by atoms with E-state index in [1.54, 1.807) is 37.3 Å². The molecule has 8 heteroatoms. The van der Waals surface area contributed by atoms with Crippen molar-refractivity contribution in [2.24, 2.45) is 0 Å². The van der Waals surface area contributed by atoms with E-state index in [2.05, 4.69) is 15.4 Å². The van der Waals surface area contributed by atoms with Crippen LogP contribution >= 0.6 is 0 Å². The SMILES string of the molecule is CCOC(=O)c1n[nH]nc1-c1ccc(-c2ccccc2C(F)(F)F)cc1. The lowest BCUT2D eigenvalue weighted by molar-refractivity contribution is -0.137. The average Bonchev–Trinajstić information content (AvgIpc) is 3.11. The molecular formula is C18H14F3N3O2. The van der Waals surface area contributed by atoms with Crippen molar-refractivity contribution in [1.29, 1.82) is 0 Å². The molecule has 0 atom stereocenters. The number of carbonyl (C=O) groups is 1.